The van der Waals surface area contributed by atoms with Crippen molar-refractivity contribution in [3.05, 3.63) is 35.4 Å². The summed E-state index contributed by atoms with van der Waals surface area (Å²) in [4.78, 5) is 0. The highest BCUT2D eigenvalue weighted by Crippen LogP contribution is 2.19. The van der Waals surface area contributed by atoms with Gasteiger partial charge in [0.05, 0.1) is 0 Å². The molecule has 0 heterocycles. The Bertz CT molecular complexity index is 552. The van der Waals surface area contributed by atoms with Crippen molar-refractivity contribution in [1.82, 2.24) is 9.44 Å². The van der Waals surface area contributed by atoms with Crippen LogP contribution in [0.3, 0.4) is 0 Å². The second-order valence-electron chi connectivity index (χ2n) is 4.33. The molecule has 1 aromatic rings. The van der Waals surface area contributed by atoms with Crippen LogP contribution in [0.5, 0.6) is 0 Å². The van der Waals surface area contributed by atoms with Crippen molar-refractivity contribution in [2.75, 3.05) is 0 Å². The van der Waals surface area contributed by atoms with Gasteiger partial charge in [0.1, 0.15) is 5.84 Å². The molecule has 1 fully saturated rings. The van der Waals surface area contributed by atoms with E-state index in [0.29, 0.717) is 5.56 Å². The van der Waals surface area contributed by atoms with Gasteiger partial charge in [0.15, 0.2) is 0 Å². The van der Waals surface area contributed by atoms with Crippen LogP contribution in [0.4, 0.5) is 0 Å². The predicted octanol–water partition coefficient (Wildman–Crippen LogP) is 0.0571. The van der Waals surface area contributed by atoms with Gasteiger partial charge in [-0.2, -0.15) is 17.9 Å². The molecule has 0 bridgehead atoms. The molecule has 18 heavy (non-hydrogen) atoms. The second-order valence-corrected chi connectivity index (χ2v) is 5.86. The second kappa shape index (κ2) is 5.05. The van der Waals surface area contributed by atoms with Crippen LogP contribution in [0.1, 0.15) is 24.0 Å². The SMILES string of the molecule is N=C(N)c1cccc(CNS(=O)(=O)NC2CC2)c1. The summed E-state index contributed by atoms with van der Waals surface area (Å²) in [6, 6.07) is 7.02. The molecule has 0 amide bonds. The van der Waals surface area contributed by atoms with Crippen LogP contribution in [0.15, 0.2) is 24.3 Å². The van der Waals surface area contributed by atoms with Crippen LogP contribution < -0.4 is 15.2 Å². The molecular weight excluding hydrogens is 252 g/mol. The Kier molecular flexibility index (Phi) is 3.65. The normalized spacial score (nSPS) is 15.6. The van der Waals surface area contributed by atoms with Crippen LogP contribution in [0, 0.1) is 5.41 Å². The van der Waals surface area contributed by atoms with Crippen molar-refractivity contribution in [3.8, 4) is 0 Å². The van der Waals surface area contributed by atoms with Gasteiger partial charge >= 0.3 is 0 Å². The number of hydrogen-bond donors (Lipinski definition) is 4. The Balaban J connectivity index is 1.96. The molecule has 0 saturated heterocycles. The fourth-order valence-electron chi connectivity index (χ4n) is 1.49. The third kappa shape index (κ3) is 3.80. The Morgan fingerprint density at radius 2 is 2.17 bits per heavy atom. The van der Waals surface area contributed by atoms with Crippen LogP contribution in [0.2, 0.25) is 0 Å². The molecule has 1 saturated carbocycles. The minimum Gasteiger partial charge on any atom is -0.384 e. The number of nitrogen functional groups attached to an aromatic ring is 1. The van der Waals surface area contributed by atoms with E-state index in [4.69, 9.17) is 11.1 Å². The lowest BCUT2D eigenvalue weighted by Gasteiger charge is -2.08. The molecule has 0 aliphatic heterocycles. The van der Waals surface area contributed by atoms with E-state index in [9.17, 15) is 8.42 Å². The van der Waals surface area contributed by atoms with Crippen LogP contribution >= 0.6 is 0 Å². The Hall–Kier alpha value is -1.44. The molecule has 0 aromatic heterocycles. The number of amidine groups is 1. The molecule has 7 heteroatoms. The fraction of sp³-hybridized carbons (Fsp3) is 0.364. The van der Waals surface area contributed by atoms with E-state index in [1.165, 1.54) is 0 Å². The lowest BCUT2D eigenvalue weighted by molar-refractivity contribution is 0.565. The zero-order valence-corrected chi connectivity index (χ0v) is 10.6. The molecule has 5 N–H and O–H groups in total. The van der Waals surface area contributed by atoms with Crippen molar-refractivity contribution in [3.63, 3.8) is 0 Å². The van der Waals surface area contributed by atoms with Gasteiger partial charge in [-0.05, 0) is 24.5 Å². The summed E-state index contributed by atoms with van der Waals surface area (Å²) in [5.74, 6) is -0.0317. The molecular formula is C11H16N4O2S. The van der Waals surface area contributed by atoms with Gasteiger partial charge in [-0.1, -0.05) is 18.2 Å². The van der Waals surface area contributed by atoms with Crippen molar-refractivity contribution < 1.29 is 8.42 Å². The Labute approximate surface area is 106 Å². The summed E-state index contributed by atoms with van der Waals surface area (Å²) in [5.41, 5.74) is 6.72. The van der Waals surface area contributed by atoms with Gasteiger partial charge in [0, 0.05) is 18.2 Å². The van der Waals surface area contributed by atoms with E-state index in [0.717, 1.165) is 18.4 Å². The van der Waals surface area contributed by atoms with Gasteiger partial charge < -0.3 is 5.73 Å². The summed E-state index contributed by atoms with van der Waals surface area (Å²) in [6.45, 7) is 0.184. The topological polar surface area (TPSA) is 108 Å². The van der Waals surface area contributed by atoms with E-state index in [-0.39, 0.29) is 18.4 Å². The first-order valence-electron chi connectivity index (χ1n) is 5.66. The molecule has 1 aliphatic carbocycles. The molecule has 0 spiro atoms. The van der Waals surface area contributed by atoms with Crippen LogP contribution in [0.25, 0.3) is 0 Å². The maximum absolute atomic E-state index is 11.6. The van der Waals surface area contributed by atoms with Gasteiger partial charge in [0.2, 0.25) is 0 Å². The lowest BCUT2D eigenvalue weighted by atomic mass is 10.1. The molecule has 0 atom stereocenters. The third-order valence-electron chi connectivity index (χ3n) is 2.60. The van der Waals surface area contributed by atoms with Crippen LogP contribution in [-0.2, 0) is 16.8 Å². The number of rotatable bonds is 6. The highest BCUT2D eigenvalue weighted by atomic mass is 32.2. The quantitative estimate of drug-likeness (QED) is 0.432. The molecule has 0 unspecified atom stereocenters. The van der Waals surface area contributed by atoms with E-state index in [1.807, 2.05) is 0 Å². The van der Waals surface area contributed by atoms with E-state index in [2.05, 4.69) is 9.44 Å². The summed E-state index contributed by atoms with van der Waals surface area (Å²) in [7, 11) is -3.43. The first-order chi connectivity index (χ1) is 8.46. The van der Waals surface area contributed by atoms with Gasteiger partial charge in [-0.15, -0.1) is 0 Å². The van der Waals surface area contributed by atoms with E-state index in [1.54, 1.807) is 24.3 Å². The van der Waals surface area contributed by atoms with E-state index < -0.39 is 10.2 Å². The molecule has 1 aliphatic rings. The molecule has 98 valence electrons. The van der Waals surface area contributed by atoms with Gasteiger partial charge in [-0.25, -0.2) is 0 Å². The maximum Gasteiger partial charge on any atom is 0.277 e. The summed E-state index contributed by atoms with van der Waals surface area (Å²) in [6.07, 6.45) is 1.81. The Morgan fingerprint density at radius 3 is 2.78 bits per heavy atom. The molecule has 2 rings (SSSR count). The maximum atomic E-state index is 11.6. The molecule has 1 aromatic carbocycles. The zero-order valence-electron chi connectivity index (χ0n) is 9.81. The largest absolute Gasteiger partial charge is 0.384 e. The van der Waals surface area contributed by atoms with Crippen LogP contribution in [-0.4, -0.2) is 20.3 Å². The van der Waals surface area contributed by atoms with Crippen molar-refractivity contribution >= 4 is 16.0 Å². The Morgan fingerprint density at radius 1 is 1.44 bits per heavy atom. The van der Waals surface area contributed by atoms with Gasteiger partial charge in [-0.3, -0.25) is 5.41 Å². The summed E-state index contributed by atoms with van der Waals surface area (Å²) >= 11 is 0. The van der Waals surface area contributed by atoms with Crippen molar-refractivity contribution in [1.29, 1.82) is 5.41 Å². The first kappa shape index (κ1) is 13.0. The summed E-state index contributed by atoms with van der Waals surface area (Å²) in [5, 5.41) is 7.31. The van der Waals surface area contributed by atoms with E-state index >= 15 is 0 Å². The van der Waals surface area contributed by atoms with Crippen molar-refractivity contribution in [2.24, 2.45) is 5.73 Å². The highest BCUT2D eigenvalue weighted by Gasteiger charge is 2.26. The lowest BCUT2D eigenvalue weighted by Crippen LogP contribution is -2.37. The fourth-order valence-corrected chi connectivity index (χ4v) is 2.60. The number of nitrogens with one attached hydrogen (secondary N) is 3. The number of benzene rings is 1. The third-order valence-corrected chi connectivity index (χ3v) is 3.77. The minimum absolute atomic E-state index is 0.0317. The standard InChI is InChI=1S/C11H16N4O2S/c12-11(13)9-3-1-2-8(6-9)7-14-18(16,17)15-10-4-5-10/h1-3,6,10,14-15H,4-5,7H2,(H3,12,13). The number of hydrogen-bond acceptors (Lipinski definition) is 3. The summed E-state index contributed by atoms with van der Waals surface area (Å²) < 4.78 is 28.2. The minimum atomic E-state index is -3.43. The monoisotopic (exact) mass is 268 g/mol. The molecule has 6 nitrogen and oxygen atoms in total. The molecule has 0 radical (unpaired) electrons. The average Bonchev–Trinajstić information content (AvgIpc) is 3.10. The van der Waals surface area contributed by atoms with Crippen molar-refractivity contribution in [2.45, 2.75) is 25.4 Å². The number of nitrogens with two attached hydrogens (primary N) is 1. The highest BCUT2D eigenvalue weighted by molar-refractivity contribution is 7.87. The zero-order chi connectivity index (χ0) is 13.2. The smallest absolute Gasteiger partial charge is 0.277 e. The first-order valence-corrected chi connectivity index (χ1v) is 7.15. The van der Waals surface area contributed by atoms with Gasteiger partial charge in [0.25, 0.3) is 10.2 Å². The average molecular weight is 268 g/mol. The predicted molar refractivity (Wildman–Crippen MR) is 69.4 cm³/mol.